The fraction of sp³-hybridized carbons (Fsp3) is 0.478. The molecule has 4 rings (SSSR count). The summed E-state index contributed by atoms with van der Waals surface area (Å²) in [5, 5.41) is 8.00. The highest BCUT2D eigenvalue weighted by Gasteiger charge is 2.23. The molecule has 2 aromatic rings. The monoisotopic (exact) mass is 472 g/mol. The van der Waals surface area contributed by atoms with Crippen molar-refractivity contribution in [2.45, 2.75) is 57.5 Å². The van der Waals surface area contributed by atoms with Gasteiger partial charge < -0.3 is 25.0 Å². The van der Waals surface area contributed by atoms with Gasteiger partial charge in [-0.15, -0.1) is 11.3 Å². The highest BCUT2D eigenvalue weighted by atomic mass is 32.1. The van der Waals surface area contributed by atoms with E-state index in [0.717, 1.165) is 31.2 Å². The largest absolute Gasteiger partial charge is 0.454 e. The normalized spacial score (nSPS) is 15.2. The first kappa shape index (κ1) is 23.0. The van der Waals surface area contributed by atoms with Gasteiger partial charge in [0.05, 0.1) is 6.54 Å². The van der Waals surface area contributed by atoms with Crippen LogP contribution >= 0.6 is 11.3 Å². The Morgan fingerprint density at radius 1 is 1.06 bits per heavy atom. The molecular weight excluding hydrogens is 444 g/mol. The summed E-state index contributed by atoms with van der Waals surface area (Å²) in [5.41, 5.74) is 0.824. The minimum absolute atomic E-state index is 0.00152. The molecule has 2 N–H and O–H groups in total. The van der Waals surface area contributed by atoms with Gasteiger partial charge in [-0.25, -0.2) is 4.98 Å². The number of hydrogen-bond donors (Lipinski definition) is 2. The molecule has 33 heavy (non-hydrogen) atoms. The van der Waals surface area contributed by atoms with Crippen LogP contribution in [0.4, 0.5) is 5.13 Å². The summed E-state index contributed by atoms with van der Waals surface area (Å²) in [6.45, 7) is 0.346. The van der Waals surface area contributed by atoms with Crippen molar-refractivity contribution in [1.29, 1.82) is 0 Å². The van der Waals surface area contributed by atoms with Gasteiger partial charge in [0.2, 0.25) is 24.5 Å². The van der Waals surface area contributed by atoms with E-state index in [0.29, 0.717) is 16.6 Å². The molecule has 2 heterocycles. The molecule has 9 nitrogen and oxygen atoms in total. The zero-order valence-electron chi connectivity index (χ0n) is 18.4. The molecule has 176 valence electrons. The Hall–Kier alpha value is -3.14. The van der Waals surface area contributed by atoms with Crippen LogP contribution in [-0.4, -0.2) is 47.0 Å². The van der Waals surface area contributed by atoms with Crippen LogP contribution in [0.5, 0.6) is 11.5 Å². The number of anilines is 1. The number of ether oxygens (including phenoxy) is 2. The van der Waals surface area contributed by atoms with Crippen LogP contribution in [0.15, 0.2) is 29.8 Å². The van der Waals surface area contributed by atoms with Crippen molar-refractivity contribution in [3.05, 3.63) is 35.3 Å². The van der Waals surface area contributed by atoms with E-state index in [-0.39, 0.29) is 56.5 Å². The van der Waals surface area contributed by atoms with Gasteiger partial charge >= 0.3 is 0 Å². The molecule has 1 aromatic heterocycles. The molecule has 1 aliphatic carbocycles. The maximum Gasteiger partial charge on any atom is 0.239 e. The summed E-state index contributed by atoms with van der Waals surface area (Å²) in [7, 11) is 0. The molecule has 0 unspecified atom stereocenters. The van der Waals surface area contributed by atoms with Crippen molar-refractivity contribution in [3.8, 4) is 11.5 Å². The van der Waals surface area contributed by atoms with Crippen LogP contribution in [0.1, 0.15) is 50.5 Å². The molecule has 1 aromatic carbocycles. The average Bonchev–Trinajstić information content (AvgIpc) is 3.49. The maximum absolute atomic E-state index is 13.0. The topological polar surface area (TPSA) is 110 Å². The molecule has 0 atom stereocenters. The van der Waals surface area contributed by atoms with Gasteiger partial charge in [0, 0.05) is 37.0 Å². The first-order valence-corrected chi connectivity index (χ1v) is 12.1. The van der Waals surface area contributed by atoms with E-state index in [1.165, 1.54) is 22.7 Å². The summed E-state index contributed by atoms with van der Waals surface area (Å²) >= 11 is 1.31. The second-order valence-electron chi connectivity index (χ2n) is 8.23. The molecule has 0 radical (unpaired) electrons. The van der Waals surface area contributed by atoms with E-state index in [1.807, 2.05) is 12.1 Å². The number of thiazole rings is 1. The molecule has 1 saturated carbocycles. The summed E-state index contributed by atoms with van der Waals surface area (Å²) in [4.78, 5) is 43.4. The standard InChI is InChI=1S/C23H28N4O5S/c28-20(26-23-24-10-11-33-23)8-9-22(30)27(14-21(29)25-17-4-2-1-3-5-17)13-16-6-7-18-19(12-16)32-15-31-18/h6-7,10-12,17H,1-5,8-9,13-15H2,(H,25,29)(H,24,26,28). The number of nitrogens with zero attached hydrogens (tertiary/aromatic N) is 2. The molecule has 2 aliphatic rings. The lowest BCUT2D eigenvalue weighted by Crippen LogP contribution is -2.44. The van der Waals surface area contributed by atoms with Crippen LogP contribution in [-0.2, 0) is 20.9 Å². The van der Waals surface area contributed by atoms with E-state index in [4.69, 9.17) is 9.47 Å². The van der Waals surface area contributed by atoms with Gasteiger partial charge in [0.15, 0.2) is 16.6 Å². The number of rotatable bonds is 9. The van der Waals surface area contributed by atoms with Crippen molar-refractivity contribution in [2.75, 3.05) is 18.7 Å². The number of benzene rings is 1. The fourth-order valence-corrected chi connectivity index (χ4v) is 4.58. The van der Waals surface area contributed by atoms with Gasteiger partial charge in [0.25, 0.3) is 0 Å². The molecular formula is C23H28N4O5S. The summed E-state index contributed by atoms with van der Waals surface area (Å²) in [6, 6.07) is 5.63. The highest BCUT2D eigenvalue weighted by Crippen LogP contribution is 2.32. The van der Waals surface area contributed by atoms with Crippen LogP contribution < -0.4 is 20.1 Å². The number of hydrogen-bond acceptors (Lipinski definition) is 7. The third-order valence-corrected chi connectivity index (χ3v) is 6.40. The van der Waals surface area contributed by atoms with Crippen LogP contribution in [0, 0.1) is 0 Å². The predicted molar refractivity (Wildman–Crippen MR) is 123 cm³/mol. The Bertz CT molecular complexity index is 975. The van der Waals surface area contributed by atoms with Crippen molar-refractivity contribution in [2.24, 2.45) is 0 Å². The van der Waals surface area contributed by atoms with Gasteiger partial charge in [-0.05, 0) is 30.5 Å². The van der Waals surface area contributed by atoms with E-state index < -0.39 is 0 Å². The lowest BCUT2D eigenvalue weighted by Gasteiger charge is -2.26. The fourth-order valence-electron chi connectivity index (χ4n) is 4.03. The van der Waals surface area contributed by atoms with Gasteiger partial charge in [0.1, 0.15) is 0 Å². The summed E-state index contributed by atoms with van der Waals surface area (Å²) in [5.74, 6) is 0.553. The van der Waals surface area contributed by atoms with Crippen LogP contribution in [0.2, 0.25) is 0 Å². The zero-order valence-corrected chi connectivity index (χ0v) is 19.2. The third kappa shape index (κ3) is 6.67. The van der Waals surface area contributed by atoms with Crippen molar-refractivity contribution >= 4 is 34.2 Å². The number of fused-ring (bicyclic) bond motifs is 1. The zero-order chi connectivity index (χ0) is 23.0. The van der Waals surface area contributed by atoms with Crippen LogP contribution in [0.3, 0.4) is 0 Å². The Labute approximate surface area is 196 Å². The Kier molecular flexibility index (Phi) is 7.77. The minimum atomic E-state index is -0.284. The molecule has 0 spiro atoms. The van der Waals surface area contributed by atoms with Crippen molar-refractivity contribution in [1.82, 2.24) is 15.2 Å². The summed E-state index contributed by atoms with van der Waals surface area (Å²) < 4.78 is 10.8. The molecule has 3 amide bonds. The first-order chi connectivity index (χ1) is 16.1. The smallest absolute Gasteiger partial charge is 0.239 e. The quantitative estimate of drug-likeness (QED) is 0.581. The number of carbonyl (C=O) groups is 3. The molecule has 1 fully saturated rings. The Morgan fingerprint density at radius 2 is 1.88 bits per heavy atom. The second kappa shape index (κ2) is 11.1. The SMILES string of the molecule is O=C(CCC(=O)N(CC(=O)NC1CCCCC1)Cc1ccc2c(c1)OCO2)Nc1nccs1. The number of amides is 3. The molecule has 10 heteroatoms. The molecule has 0 bridgehead atoms. The first-order valence-electron chi connectivity index (χ1n) is 11.2. The Morgan fingerprint density at radius 3 is 2.67 bits per heavy atom. The third-order valence-electron chi connectivity index (χ3n) is 5.71. The maximum atomic E-state index is 13.0. The van der Waals surface area contributed by atoms with E-state index in [9.17, 15) is 14.4 Å². The van der Waals surface area contributed by atoms with Crippen molar-refractivity contribution < 1.29 is 23.9 Å². The Balaban J connectivity index is 1.37. The second-order valence-corrected chi connectivity index (χ2v) is 9.12. The molecule has 1 aliphatic heterocycles. The van der Waals surface area contributed by atoms with Crippen molar-refractivity contribution in [3.63, 3.8) is 0 Å². The van der Waals surface area contributed by atoms with Crippen LogP contribution in [0.25, 0.3) is 0 Å². The lowest BCUT2D eigenvalue weighted by molar-refractivity contribution is -0.137. The van der Waals surface area contributed by atoms with E-state index in [1.54, 1.807) is 17.6 Å². The van der Waals surface area contributed by atoms with Gasteiger partial charge in [-0.3, -0.25) is 14.4 Å². The lowest BCUT2D eigenvalue weighted by atomic mass is 9.95. The summed E-state index contributed by atoms with van der Waals surface area (Å²) in [6.07, 6.45) is 6.97. The predicted octanol–water partition coefficient (Wildman–Crippen LogP) is 3.07. The number of aromatic nitrogens is 1. The van der Waals surface area contributed by atoms with Gasteiger partial charge in [-0.2, -0.15) is 0 Å². The van der Waals surface area contributed by atoms with E-state index >= 15 is 0 Å². The minimum Gasteiger partial charge on any atom is -0.454 e. The van der Waals surface area contributed by atoms with Gasteiger partial charge in [-0.1, -0.05) is 25.3 Å². The molecule has 0 saturated heterocycles. The number of nitrogens with one attached hydrogen (secondary N) is 2. The highest BCUT2D eigenvalue weighted by molar-refractivity contribution is 7.13. The average molecular weight is 473 g/mol. The van der Waals surface area contributed by atoms with E-state index in [2.05, 4.69) is 15.6 Å². The number of carbonyl (C=O) groups excluding carboxylic acids is 3.